The van der Waals surface area contributed by atoms with Gasteiger partial charge in [0.1, 0.15) is 5.56 Å². The number of para-hydroxylation sites is 1. The summed E-state index contributed by atoms with van der Waals surface area (Å²) >= 11 is 0. The van der Waals surface area contributed by atoms with Crippen molar-refractivity contribution in [3.05, 3.63) is 45.7 Å². The van der Waals surface area contributed by atoms with E-state index in [0.717, 1.165) is 17.5 Å². The zero-order chi connectivity index (χ0) is 14.5. The van der Waals surface area contributed by atoms with Gasteiger partial charge in [-0.3, -0.25) is 9.59 Å². The lowest BCUT2D eigenvalue weighted by Gasteiger charge is -2.07. The number of hydrogen-bond acceptors (Lipinski definition) is 3. The van der Waals surface area contributed by atoms with Gasteiger partial charge in [0, 0.05) is 18.1 Å². The van der Waals surface area contributed by atoms with Crippen LogP contribution in [0.25, 0.3) is 10.9 Å². The molecule has 0 saturated carbocycles. The molecule has 0 radical (unpaired) electrons. The van der Waals surface area contributed by atoms with E-state index in [1.807, 2.05) is 19.1 Å². The van der Waals surface area contributed by atoms with Crippen molar-refractivity contribution in [2.75, 3.05) is 13.1 Å². The summed E-state index contributed by atoms with van der Waals surface area (Å²) in [6, 6.07) is 5.55. The van der Waals surface area contributed by atoms with E-state index in [0.29, 0.717) is 24.9 Å². The lowest BCUT2D eigenvalue weighted by Crippen LogP contribution is -2.30. The molecule has 0 atom stereocenters. The molecular weight excluding hydrogens is 254 g/mol. The number of rotatable bonds is 5. The monoisotopic (exact) mass is 273 g/mol. The molecule has 0 saturated heterocycles. The van der Waals surface area contributed by atoms with E-state index in [1.165, 1.54) is 6.20 Å². The third kappa shape index (κ3) is 2.72. The van der Waals surface area contributed by atoms with Gasteiger partial charge in [-0.05, 0) is 31.0 Å². The van der Waals surface area contributed by atoms with Crippen molar-refractivity contribution in [2.24, 2.45) is 5.73 Å². The maximum atomic E-state index is 12.4. The fourth-order valence-electron chi connectivity index (χ4n) is 2.18. The highest BCUT2D eigenvalue weighted by Gasteiger charge is 2.13. The predicted octanol–water partition coefficient (Wildman–Crippen LogP) is 1.17. The first kappa shape index (κ1) is 14.3. The average molecular weight is 273 g/mol. The van der Waals surface area contributed by atoms with Crippen LogP contribution in [0.2, 0.25) is 0 Å². The third-order valence-electron chi connectivity index (χ3n) is 3.29. The number of carbonyl (C=O) groups is 1. The smallest absolute Gasteiger partial charge is 0.256 e. The number of fused-ring (bicyclic) bond motifs is 1. The predicted molar refractivity (Wildman–Crippen MR) is 80.0 cm³/mol. The summed E-state index contributed by atoms with van der Waals surface area (Å²) in [5.74, 6) is -0.358. The number of amides is 1. The van der Waals surface area contributed by atoms with Crippen molar-refractivity contribution in [3.8, 4) is 0 Å². The minimum atomic E-state index is -0.358. The van der Waals surface area contributed by atoms with Gasteiger partial charge in [-0.25, -0.2) is 0 Å². The lowest BCUT2D eigenvalue weighted by atomic mass is 10.1. The molecule has 5 nitrogen and oxygen atoms in total. The summed E-state index contributed by atoms with van der Waals surface area (Å²) in [6.07, 6.45) is 3.01. The Balaban J connectivity index is 2.40. The molecule has 20 heavy (non-hydrogen) atoms. The largest absolute Gasteiger partial charge is 0.360 e. The van der Waals surface area contributed by atoms with Crippen LogP contribution in [0, 0.1) is 0 Å². The van der Waals surface area contributed by atoms with Crippen LogP contribution in [0.5, 0.6) is 0 Å². The van der Waals surface area contributed by atoms with E-state index in [2.05, 4.69) is 10.3 Å². The maximum absolute atomic E-state index is 12.4. The number of nitrogens with one attached hydrogen (secondary N) is 2. The van der Waals surface area contributed by atoms with Crippen LogP contribution in [0.15, 0.2) is 29.2 Å². The highest BCUT2D eigenvalue weighted by molar-refractivity contribution is 5.97. The zero-order valence-corrected chi connectivity index (χ0v) is 11.5. The minimum absolute atomic E-state index is 0.141. The second-order valence-corrected chi connectivity index (χ2v) is 4.62. The topological polar surface area (TPSA) is 88.0 Å². The molecule has 0 aliphatic carbocycles. The van der Waals surface area contributed by atoms with Crippen molar-refractivity contribution in [1.29, 1.82) is 0 Å². The molecule has 0 fully saturated rings. The van der Waals surface area contributed by atoms with Crippen molar-refractivity contribution in [2.45, 2.75) is 19.8 Å². The van der Waals surface area contributed by atoms with Gasteiger partial charge in [0.25, 0.3) is 5.91 Å². The SMILES string of the molecule is CCc1cccc2c(=O)c(C(=O)NCCCN)c[nH]c12. The molecule has 106 valence electrons. The maximum Gasteiger partial charge on any atom is 0.256 e. The Morgan fingerprint density at radius 2 is 2.20 bits per heavy atom. The number of pyridine rings is 1. The molecule has 0 aliphatic rings. The summed E-state index contributed by atoms with van der Waals surface area (Å²) in [5, 5.41) is 3.25. The Morgan fingerprint density at radius 1 is 1.40 bits per heavy atom. The highest BCUT2D eigenvalue weighted by atomic mass is 16.2. The minimum Gasteiger partial charge on any atom is -0.360 e. The van der Waals surface area contributed by atoms with E-state index in [9.17, 15) is 9.59 Å². The van der Waals surface area contributed by atoms with Gasteiger partial charge in [-0.15, -0.1) is 0 Å². The molecule has 5 heteroatoms. The molecule has 2 rings (SSSR count). The van der Waals surface area contributed by atoms with Crippen molar-refractivity contribution < 1.29 is 4.79 Å². The van der Waals surface area contributed by atoms with E-state index < -0.39 is 0 Å². The highest BCUT2D eigenvalue weighted by Crippen LogP contribution is 2.14. The molecule has 1 heterocycles. The van der Waals surface area contributed by atoms with Gasteiger partial charge in [-0.1, -0.05) is 19.1 Å². The molecule has 1 amide bonds. The molecule has 0 aliphatic heterocycles. The van der Waals surface area contributed by atoms with Gasteiger partial charge in [0.05, 0.1) is 5.52 Å². The van der Waals surface area contributed by atoms with Gasteiger partial charge >= 0.3 is 0 Å². The Kier molecular flexibility index (Phi) is 4.53. The molecule has 1 aromatic carbocycles. The summed E-state index contributed by atoms with van der Waals surface area (Å²) < 4.78 is 0. The summed E-state index contributed by atoms with van der Waals surface area (Å²) in [4.78, 5) is 27.4. The molecule has 1 aromatic heterocycles. The van der Waals surface area contributed by atoms with E-state index in [1.54, 1.807) is 6.07 Å². The number of hydrogen-bond donors (Lipinski definition) is 3. The Labute approximate surface area is 117 Å². The molecule has 0 spiro atoms. The van der Waals surface area contributed by atoms with Gasteiger partial charge in [0.2, 0.25) is 5.43 Å². The number of aryl methyl sites for hydroxylation is 1. The standard InChI is InChI=1S/C15H19N3O2/c1-2-10-5-3-6-11-13(10)18-9-12(14(11)19)15(20)17-8-4-7-16/h3,5-6,9H,2,4,7-8,16H2,1H3,(H,17,20)(H,18,19). The molecule has 4 N–H and O–H groups in total. The van der Waals surface area contributed by atoms with Crippen LogP contribution in [0.4, 0.5) is 0 Å². The van der Waals surface area contributed by atoms with Crippen LogP contribution < -0.4 is 16.5 Å². The fraction of sp³-hybridized carbons (Fsp3) is 0.333. The molecule has 0 unspecified atom stereocenters. The molecule has 2 aromatic rings. The average Bonchev–Trinajstić information content (AvgIpc) is 2.47. The third-order valence-corrected chi connectivity index (χ3v) is 3.29. The van der Waals surface area contributed by atoms with E-state index in [4.69, 9.17) is 5.73 Å². The number of benzene rings is 1. The second kappa shape index (κ2) is 6.34. The van der Waals surface area contributed by atoms with Crippen LogP contribution in [-0.4, -0.2) is 24.0 Å². The van der Waals surface area contributed by atoms with Crippen LogP contribution >= 0.6 is 0 Å². The first-order chi connectivity index (χ1) is 9.69. The van der Waals surface area contributed by atoms with Gasteiger partial charge in [-0.2, -0.15) is 0 Å². The normalized spacial score (nSPS) is 10.7. The number of carbonyl (C=O) groups excluding carboxylic acids is 1. The second-order valence-electron chi connectivity index (χ2n) is 4.62. The quantitative estimate of drug-likeness (QED) is 0.714. The number of nitrogens with two attached hydrogens (primary N) is 1. The molecule has 0 bridgehead atoms. The summed E-state index contributed by atoms with van der Waals surface area (Å²) in [7, 11) is 0. The number of aromatic amines is 1. The van der Waals surface area contributed by atoms with Crippen LogP contribution in [-0.2, 0) is 6.42 Å². The van der Waals surface area contributed by atoms with Gasteiger partial charge in [0.15, 0.2) is 0 Å². The first-order valence-corrected chi connectivity index (χ1v) is 6.80. The van der Waals surface area contributed by atoms with E-state index >= 15 is 0 Å². The number of aromatic nitrogens is 1. The molecular formula is C15H19N3O2. The fourth-order valence-corrected chi connectivity index (χ4v) is 2.18. The first-order valence-electron chi connectivity index (χ1n) is 6.80. The Bertz CT molecular complexity index is 676. The zero-order valence-electron chi connectivity index (χ0n) is 11.5. The van der Waals surface area contributed by atoms with Gasteiger partial charge < -0.3 is 16.0 Å². The summed E-state index contributed by atoms with van der Waals surface area (Å²) in [5.41, 5.74) is 7.14. The van der Waals surface area contributed by atoms with Crippen LogP contribution in [0.1, 0.15) is 29.3 Å². The van der Waals surface area contributed by atoms with Crippen LogP contribution in [0.3, 0.4) is 0 Å². The van der Waals surface area contributed by atoms with E-state index in [-0.39, 0.29) is 16.9 Å². The Morgan fingerprint density at radius 3 is 2.90 bits per heavy atom. The van der Waals surface area contributed by atoms with Crippen molar-refractivity contribution >= 4 is 16.8 Å². The van der Waals surface area contributed by atoms with Crippen molar-refractivity contribution in [3.63, 3.8) is 0 Å². The Hall–Kier alpha value is -2.14. The number of H-pyrrole nitrogens is 1. The summed E-state index contributed by atoms with van der Waals surface area (Å²) in [6.45, 7) is 3.01. The van der Waals surface area contributed by atoms with Crippen molar-refractivity contribution in [1.82, 2.24) is 10.3 Å². The lowest BCUT2D eigenvalue weighted by molar-refractivity contribution is 0.0952.